The summed E-state index contributed by atoms with van der Waals surface area (Å²) in [5, 5.41) is 4.15. The molecule has 1 aromatic carbocycles. The molecule has 0 aromatic heterocycles. The van der Waals surface area contributed by atoms with Gasteiger partial charge in [0.1, 0.15) is 0 Å². The molecule has 2 rings (SSSR count). The quantitative estimate of drug-likeness (QED) is 0.860. The van der Waals surface area contributed by atoms with E-state index in [1.165, 1.54) is 5.56 Å². The Hall–Kier alpha value is 0.200. The van der Waals surface area contributed by atoms with E-state index in [0.717, 1.165) is 29.3 Å². The largest absolute Gasteiger partial charge is 0.378 e. The normalized spacial score (nSPS) is 20.8. The van der Waals surface area contributed by atoms with Crippen LogP contribution in [0.5, 0.6) is 0 Å². The zero-order valence-corrected chi connectivity index (χ0v) is 11.2. The van der Waals surface area contributed by atoms with Crippen LogP contribution in [0.4, 0.5) is 0 Å². The Morgan fingerprint density at radius 1 is 1.47 bits per heavy atom. The average Bonchev–Trinajstić information content (AvgIpc) is 2.19. The van der Waals surface area contributed by atoms with Gasteiger partial charge in [-0.1, -0.05) is 33.6 Å². The molecule has 1 fully saturated rings. The lowest BCUT2D eigenvalue weighted by Crippen LogP contribution is -2.34. The summed E-state index contributed by atoms with van der Waals surface area (Å²) in [4.78, 5) is 0. The molecular weight excluding hydrogens is 301 g/mol. The smallest absolute Gasteiger partial charge is 0.0662 e. The minimum atomic E-state index is 0. The fourth-order valence-corrected chi connectivity index (χ4v) is 2.51. The van der Waals surface area contributed by atoms with E-state index in [0.29, 0.717) is 0 Å². The molecule has 0 spiro atoms. The van der Waals surface area contributed by atoms with Crippen molar-refractivity contribution in [2.75, 3.05) is 19.8 Å². The molecule has 0 amide bonds. The topological polar surface area (TPSA) is 21.3 Å². The van der Waals surface area contributed by atoms with Crippen LogP contribution in [0, 0.1) is 0 Å². The highest BCUT2D eigenvalue weighted by atomic mass is 79.9. The second-order valence-electron chi connectivity index (χ2n) is 3.25. The van der Waals surface area contributed by atoms with Crippen LogP contribution in [0.2, 0.25) is 5.02 Å². The maximum Gasteiger partial charge on any atom is 0.0662 e. The van der Waals surface area contributed by atoms with Crippen molar-refractivity contribution in [3.05, 3.63) is 33.3 Å². The standard InChI is InChI=1S/C10H11BrClNO.ClH/c11-9-5-7(12)1-2-8(9)10-6-14-4-3-13-10;/h1-2,5,10,13H,3-4,6H2;1H/t10-;/m0./s1. The molecule has 1 aliphatic rings. The first-order valence-electron chi connectivity index (χ1n) is 4.53. The van der Waals surface area contributed by atoms with Crippen LogP contribution in [0.15, 0.2) is 22.7 Å². The molecule has 2 nitrogen and oxygen atoms in total. The highest BCUT2D eigenvalue weighted by Crippen LogP contribution is 2.27. The van der Waals surface area contributed by atoms with Crippen LogP contribution in [0.25, 0.3) is 0 Å². The summed E-state index contributed by atoms with van der Waals surface area (Å²) in [5.41, 5.74) is 1.20. The number of rotatable bonds is 1. The molecule has 1 heterocycles. The number of hydrogen-bond acceptors (Lipinski definition) is 2. The van der Waals surface area contributed by atoms with E-state index in [9.17, 15) is 0 Å². The SMILES string of the molecule is Cl.Clc1ccc([C@@H]2COCCN2)c(Br)c1. The second-order valence-corrected chi connectivity index (χ2v) is 4.54. The van der Waals surface area contributed by atoms with Gasteiger partial charge in [0, 0.05) is 16.0 Å². The van der Waals surface area contributed by atoms with Crippen LogP contribution in [0.3, 0.4) is 0 Å². The van der Waals surface area contributed by atoms with Crippen LogP contribution < -0.4 is 5.32 Å². The minimum absolute atomic E-state index is 0. The van der Waals surface area contributed by atoms with E-state index in [1.54, 1.807) is 0 Å². The van der Waals surface area contributed by atoms with Gasteiger partial charge in [-0.05, 0) is 17.7 Å². The molecule has 15 heavy (non-hydrogen) atoms. The van der Waals surface area contributed by atoms with Gasteiger partial charge in [0.15, 0.2) is 0 Å². The van der Waals surface area contributed by atoms with Crippen LogP contribution in [-0.4, -0.2) is 19.8 Å². The van der Waals surface area contributed by atoms with Crippen molar-refractivity contribution < 1.29 is 4.74 Å². The molecule has 1 aliphatic heterocycles. The number of benzene rings is 1. The average molecular weight is 313 g/mol. The van der Waals surface area contributed by atoms with E-state index in [4.69, 9.17) is 16.3 Å². The van der Waals surface area contributed by atoms with Crippen molar-refractivity contribution in [3.8, 4) is 0 Å². The Morgan fingerprint density at radius 2 is 2.27 bits per heavy atom. The number of morpholine rings is 1. The summed E-state index contributed by atoms with van der Waals surface area (Å²) in [6, 6.07) is 6.11. The monoisotopic (exact) mass is 311 g/mol. The van der Waals surface area contributed by atoms with Gasteiger partial charge < -0.3 is 10.1 Å². The van der Waals surface area contributed by atoms with Crippen molar-refractivity contribution in [1.29, 1.82) is 0 Å². The molecule has 1 atom stereocenters. The molecule has 1 saturated heterocycles. The lowest BCUT2D eigenvalue weighted by atomic mass is 10.1. The van der Waals surface area contributed by atoms with E-state index < -0.39 is 0 Å². The van der Waals surface area contributed by atoms with Crippen molar-refractivity contribution >= 4 is 39.9 Å². The Morgan fingerprint density at radius 3 is 2.87 bits per heavy atom. The van der Waals surface area contributed by atoms with Crippen molar-refractivity contribution in [2.45, 2.75) is 6.04 Å². The van der Waals surface area contributed by atoms with Gasteiger partial charge in [0.25, 0.3) is 0 Å². The first kappa shape index (κ1) is 13.3. The molecule has 0 saturated carbocycles. The van der Waals surface area contributed by atoms with Gasteiger partial charge in [-0.3, -0.25) is 0 Å². The van der Waals surface area contributed by atoms with Crippen molar-refractivity contribution in [3.63, 3.8) is 0 Å². The molecular formula is C10H12BrCl2NO. The summed E-state index contributed by atoms with van der Waals surface area (Å²) in [5.74, 6) is 0. The van der Waals surface area contributed by atoms with Crippen molar-refractivity contribution in [1.82, 2.24) is 5.32 Å². The molecule has 1 N–H and O–H groups in total. The van der Waals surface area contributed by atoms with Crippen LogP contribution in [0.1, 0.15) is 11.6 Å². The Kier molecular flexibility index (Phi) is 5.36. The predicted molar refractivity (Wildman–Crippen MR) is 68.0 cm³/mol. The summed E-state index contributed by atoms with van der Waals surface area (Å²) in [7, 11) is 0. The molecule has 84 valence electrons. The zero-order chi connectivity index (χ0) is 9.97. The number of hydrogen-bond donors (Lipinski definition) is 1. The van der Waals surface area contributed by atoms with Gasteiger partial charge in [-0.25, -0.2) is 0 Å². The number of halogens is 3. The fraction of sp³-hybridized carbons (Fsp3) is 0.400. The Balaban J connectivity index is 0.00000112. The second kappa shape index (κ2) is 6.06. The third kappa shape index (κ3) is 3.33. The summed E-state index contributed by atoms with van der Waals surface area (Å²) in [6.45, 7) is 2.42. The lowest BCUT2D eigenvalue weighted by Gasteiger charge is -2.25. The van der Waals surface area contributed by atoms with Crippen LogP contribution >= 0.6 is 39.9 Å². The lowest BCUT2D eigenvalue weighted by molar-refractivity contribution is 0.0767. The highest BCUT2D eigenvalue weighted by Gasteiger charge is 2.17. The fourth-order valence-electron chi connectivity index (χ4n) is 1.55. The maximum absolute atomic E-state index is 5.87. The number of nitrogens with one attached hydrogen (secondary N) is 1. The molecule has 0 radical (unpaired) electrons. The first-order valence-corrected chi connectivity index (χ1v) is 5.70. The molecule has 0 unspecified atom stereocenters. The molecule has 0 aliphatic carbocycles. The predicted octanol–water partition coefficient (Wildman–Crippen LogP) is 3.19. The van der Waals surface area contributed by atoms with Crippen molar-refractivity contribution in [2.24, 2.45) is 0 Å². The zero-order valence-electron chi connectivity index (χ0n) is 8.00. The molecule has 1 aromatic rings. The maximum atomic E-state index is 5.87. The van der Waals surface area contributed by atoms with E-state index in [-0.39, 0.29) is 18.4 Å². The van der Waals surface area contributed by atoms with E-state index >= 15 is 0 Å². The first-order chi connectivity index (χ1) is 6.77. The Bertz CT molecular complexity index is 329. The third-order valence-electron chi connectivity index (χ3n) is 2.26. The van der Waals surface area contributed by atoms with Gasteiger partial charge in [-0.2, -0.15) is 0 Å². The minimum Gasteiger partial charge on any atom is -0.378 e. The number of ether oxygens (including phenoxy) is 1. The van der Waals surface area contributed by atoms with Gasteiger partial charge in [0.2, 0.25) is 0 Å². The Labute approximate surface area is 109 Å². The molecule has 0 bridgehead atoms. The van der Waals surface area contributed by atoms with Gasteiger partial charge >= 0.3 is 0 Å². The van der Waals surface area contributed by atoms with Gasteiger partial charge in [-0.15, -0.1) is 12.4 Å². The summed E-state index contributed by atoms with van der Waals surface area (Å²) >= 11 is 9.38. The summed E-state index contributed by atoms with van der Waals surface area (Å²) < 4.78 is 6.44. The van der Waals surface area contributed by atoms with Crippen LogP contribution in [-0.2, 0) is 4.74 Å². The molecule has 5 heteroatoms. The van der Waals surface area contributed by atoms with E-state index in [1.807, 2.05) is 18.2 Å². The van der Waals surface area contributed by atoms with Gasteiger partial charge in [0.05, 0.1) is 19.3 Å². The third-order valence-corrected chi connectivity index (χ3v) is 3.18. The highest BCUT2D eigenvalue weighted by molar-refractivity contribution is 9.10. The summed E-state index contributed by atoms with van der Waals surface area (Å²) in [6.07, 6.45) is 0. The van der Waals surface area contributed by atoms with E-state index in [2.05, 4.69) is 21.2 Å².